The summed E-state index contributed by atoms with van der Waals surface area (Å²) in [5.41, 5.74) is 6.85. The van der Waals surface area contributed by atoms with Gasteiger partial charge in [-0.2, -0.15) is 0 Å². The predicted octanol–water partition coefficient (Wildman–Crippen LogP) is 3.85. The van der Waals surface area contributed by atoms with Gasteiger partial charge in [0.15, 0.2) is 0 Å². The zero-order valence-electron chi connectivity index (χ0n) is 11.3. The monoisotopic (exact) mass is 322 g/mol. The lowest BCUT2D eigenvalue weighted by molar-refractivity contribution is 0.0697. The number of anilines is 2. The predicted molar refractivity (Wildman–Crippen MR) is 86.3 cm³/mol. The van der Waals surface area contributed by atoms with Gasteiger partial charge in [-0.3, -0.25) is 0 Å². The maximum Gasteiger partial charge on any atom is 0.337 e. The molecule has 1 aromatic heterocycles. The van der Waals surface area contributed by atoms with Gasteiger partial charge in [0.25, 0.3) is 0 Å². The summed E-state index contributed by atoms with van der Waals surface area (Å²) in [6.07, 6.45) is 2.12. The van der Waals surface area contributed by atoms with Crippen LogP contribution in [0.5, 0.6) is 0 Å². The first kappa shape index (κ1) is 14.2. The van der Waals surface area contributed by atoms with Crippen LogP contribution in [-0.4, -0.2) is 17.1 Å². The van der Waals surface area contributed by atoms with Crippen molar-refractivity contribution in [1.29, 1.82) is 0 Å². The van der Waals surface area contributed by atoms with Gasteiger partial charge in [-0.25, -0.2) is 4.79 Å². The second kappa shape index (κ2) is 5.58. The first-order valence-electron chi connectivity index (χ1n) is 6.67. The van der Waals surface area contributed by atoms with Gasteiger partial charge in [-0.1, -0.05) is 17.7 Å². The highest BCUT2D eigenvalue weighted by atomic mass is 35.5. The van der Waals surface area contributed by atoms with Gasteiger partial charge in [0.05, 0.1) is 22.8 Å². The summed E-state index contributed by atoms with van der Waals surface area (Å²) in [7, 11) is 0. The maximum atomic E-state index is 11.5. The molecule has 1 heterocycles. The minimum absolute atomic E-state index is 0.170. The smallest absolute Gasteiger partial charge is 0.337 e. The molecule has 1 saturated carbocycles. The lowest BCUT2D eigenvalue weighted by atomic mass is 10.1. The number of rotatable bonds is 5. The Labute approximate surface area is 131 Å². The molecule has 3 N–H and O–H groups in total. The summed E-state index contributed by atoms with van der Waals surface area (Å²) >= 11 is 7.96. The Bertz CT molecular complexity index is 669. The number of halogens is 1. The van der Waals surface area contributed by atoms with Crippen LogP contribution in [0, 0.1) is 0 Å². The molecule has 0 aliphatic heterocycles. The molecule has 1 aromatic carbocycles. The van der Waals surface area contributed by atoms with E-state index in [-0.39, 0.29) is 5.56 Å². The molecule has 2 aromatic rings. The molecule has 0 spiro atoms. The number of nitrogen functional groups attached to an aromatic ring is 1. The van der Waals surface area contributed by atoms with Gasteiger partial charge in [0, 0.05) is 16.6 Å². The van der Waals surface area contributed by atoms with Crippen molar-refractivity contribution in [3.63, 3.8) is 0 Å². The standard InChI is InChI=1S/C15H15ClN2O2S/c16-13-7-9(17)6-12(15(19)20)14(13)18(10-3-4-10)8-11-2-1-5-21-11/h1-2,5-7,10H,3-4,8,17H2,(H,19,20). The van der Waals surface area contributed by atoms with Crippen molar-refractivity contribution in [2.45, 2.75) is 25.4 Å². The highest BCUT2D eigenvalue weighted by molar-refractivity contribution is 7.09. The third-order valence-corrected chi connectivity index (χ3v) is 4.65. The van der Waals surface area contributed by atoms with Gasteiger partial charge >= 0.3 is 5.97 Å². The van der Waals surface area contributed by atoms with Gasteiger partial charge in [0.2, 0.25) is 0 Å². The molecule has 6 heteroatoms. The van der Waals surface area contributed by atoms with Gasteiger partial charge in [-0.15, -0.1) is 11.3 Å². The van der Waals surface area contributed by atoms with Crippen LogP contribution in [0.15, 0.2) is 29.6 Å². The summed E-state index contributed by atoms with van der Waals surface area (Å²) in [5.74, 6) is -1.00. The number of nitrogens with two attached hydrogens (primary N) is 1. The first-order valence-corrected chi connectivity index (χ1v) is 7.93. The topological polar surface area (TPSA) is 66.6 Å². The van der Waals surface area contributed by atoms with E-state index >= 15 is 0 Å². The van der Waals surface area contributed by atoms with Crippen molar-refractivity contribution in [2.24, 2.45) is 0 Å². The summed E-state index contributed by atoms with van der Waals surface area (Å²) in [4.78, 5) is 14.8. The summed E-state index contributed by atoms with van der Waals surface area (Å²) in [5, 5.41) is 11.9. The van der Waals surface area contributed by atoms with Gasteiger partial charge in [0.1, 0.15) is 0 Å². The van der Waals surface area contributed by atoms with E-state index in [0.717, 1.165) is 12.8 Å². The van der Waals surface area contributed by atoms with Gasteiger partial charge in [-0.05, 0) is 36.4 Å². The first-order chi connectivity index (χ1) is 10.1. The van der Waals surface area contributed by atoms with Crippen LogP contribution in [-0.2, 0) is 6.54 Å². The quantitative estimate of drug-likeness (QED) is 0.820. The molecule has 21 heavy (non-hydrogen) atoms. The molecule has 0 amide bonds. The van der Waals surface area contributed by atoms with Crippen molar-refractivity contribution in [1.82, 2.24) is 0 Å². The van der Waals surface area contributed by atoms with Crippen molar-refractivity contribution >= 4 is 40.3 Å². The number of carbonyl (C=O) groups is 1. The molecule has 3 rings (SSSR count). The number of nitrogens with zero attached hydrogens (tertiary/aromatic N) is 1. The minimum Gasteiger partial charge on any atom is -0.478 e. The van der Waals surface area contributed by atoms with E-state index in [1.807, 2.05) is 17.5 Å². The second-order valence-corrected chi connectivity index (χ2v) is 6.58. The summed E-state index contributed by atoms with van der Waals surface area (Å²) < 4.78 is 0. The Morgan fingerprint density at radius 1 is 1.48 bits per heavy atom. The molecule has 1 fully saturated rings. The van der Waals surface area contributed by atoms with Crippen molar-refractivity contribution < 1.29 is 9.90 Å². The Morgan fingerprint density at radius 2 is 2.24 bits per heavy atom. The normalized spacial score (nSPS) is 14.1. The highest BCUT2D eigenvalue weighted by Gasteiger charge is 2.33. The highest BCUT2D eigenvalue weighted by Crippen LogP contribution is 2.40. The molecule has 1 aliphatic carbocycles. The number of benzene rings is 1. The number of carboxylic acid groups (broad SMARTS) is 1. The van der Waals surface area contributed by atoms with Crippen LogP contribution in [0.4, 0.5) is 11.4 Å². The second-order valence-electron chi connectivity index (χ2n) is 5.14. The molecule has 1 aliphatic rings. The molecule has 0 atom stereocenters. The van der Waals surface area contributed by atoms with Crippen molar-refractivity contribution in [3.8, 4) is 0 Å². The van der Waals surface area contributed by atoms with Crippen molar-refractivity contribution in [3.05, 3.63) is 45.1 Å². The third-order valence-electron chi connectivity index (χ3n) is 3.50. The molecule has 0 unspecified atom stereocenters. The Hall–Kier alpha value is -1.72. The van der Waals surface area contributed by atoms with E-state index in [4.69, 9.17) is 17.3 Å². The van der Waals surface area contributed by atoms with Gasteiger partial charge < -0.3 is 15.7 Å². The third kappa shape index (κ3) is 2.99. The summed E-state index contributed by atoms with van der Waals surface area (Å²) in [6, 6.07) is 7.49. The molecule has 110 valence electrons. The zero-order valence-corrected chi connectivity index (χ0v) is 12.8. The van der Waals surface area contributed by atoms with E-state index in [1.165, 1.54) is 10.9 Å². The van der Waals surface area contributed by atoms with E-state index in [2.05, 4.69) is 4.90 Å². The molecule has 0 bridgehead atoms. The number of carboxylic acids is 1. The van der Waals surface area contributed by atoms with Crippen LogP contribution in [0.1, 0.15) is 28.1 Å². The average Bonchev–Trinajstić information content (AvgIpc) is 3.13. The molecule has 0 radical (unpaired) electrons. The molecule has 0 saturated heterocycles. The summed E-state index contributed by atoms with van der Waals surface area (Å²) in [6.45, 7) is 0.673. The fourth-order valence-corrected chi connectivity index (χ4v) is 3.46. The Morgan fingerprint density at radius 3 is 2.81 bits per heavy atom. The number of hydrogen-bond donors (Lipinski definition) is 2. The molecular formula is C15H15ClN2O2S. The SMILES string of the molecule is Nc1cc(Cl)c(N(Cc2cccs2)C2CC2)c(C(=O)O)c1. The van der Waals surface area contributed by atoms with Crippen molar-refractivity contribution in [2.75, 3.05) is 10.6 Å². The van der Waals surface area contributed by atoms with Crippen LogP contribution in [0.2, 0.25) is 5.02 Å². The van der Waals surface area contributed by atoms with E-state index in [9.17, 15) is 9.90 Å². The maximum absolute atomic E-state index is 11.5. The number of hydrogen-bond acceptors (Lipinski definition) is 4. The number of aromatic carboxylic acids is 1. The van der Waals surface area contributed by atoms with E-state index in [0.29, 0.717) is 29.0 Å². The lowest BCUT2D eigenvalue weighted by Gasteiger charge is -2.27. The number of thiophene rings is 1. The fourth-order valence-electron chi connectivity index (χ4n) is 2.42. The fraction of sp³-hybridized carbons (Fsp3) is 0.267. The zero-order chi connectivity index (χ0) is 15.0. The Kier molecular flexibility index (Phi) is 3.78. The lowest BCUT2D eigenvalue weighted by Crippen LogP contribution is -2.27. The average molecular weight is 323 g/mol. The Balaban J connectivity index is 2.04. The van der Waals surface area contributed by atoms with E-state index in [1.54, 1.807) is 17.4 Å². The van der Waals surface area contributed by atoms with Crippen LogP contribution in [0.25, 0.3) is 0 Å². The minimum atomic E-state index is -1.00. The van der Waals surface area contributed by atoms with Crippen LogP contribution in [0.3, 0.4) is 0 Å². The molecule has 4 nitrogen and oxygen atoms in total. The van der Waals surface area contributed by atoms with Crippen LogP contribution >= 0.6 is 22.9 Å². The molecular weight excluding hydrogens is 308 g/mol. The van der Waals surface area contributed by atoms with E-state index < -0.39 is 5.97 Å². The van der Waals surface area contributed by atoms with Crippen LogP contribution < -0.4 is 10.6 Å². The largest absolute Gasteiger partial charge is 0.478 e.